The molecule has 1 aliphatic rings. The third kappa shape index (κ3) is 1.42. The molecule has 1 aromatic rings. The van der Waals surface area contributed by atoms with Crippen LogP contribution in [0.3, 0.4) is 0 Å². The Labute approximate surface area is 86.9 Å². The predicted molar refractivity (Wildman–Crippen MR) is 57.9 cm³/mol. The van der Waals surface area contributed by atoms with Crippen LogP contribution in [0.5, 0.6) is 0 Å². The Bertz CT molecular complexity index is 405. The van der Waals surface area contributed by atoms with Crippen LogP contribution in [0, 0.1) is 0 Å². The van der Waals surface area contributed by atoms with Crippen LogP contribution in [0.4, 0.5) is 5.69 Å². The zero-order valence-electron chi connectivity index (χ0n) is 7.57. The molecule has 0 aliphatic carbocycles. The second-order valence-electron chi connectivity index (χ2n) is 2.98. The Balaban J connectivity index is 2.48. The van der Waals surface area contributed by atoms with E-state index in [1.54, 1.807) is 13.1 Å². The van der Waals surface area contributed by atoms with Gasteiger partial charge in [0, 0.05) is 7.05 Å². The van der Waals surface area contributed by atoms with Crippen LogP contribution in [0.1, 0.15) is 10.4 Å². The molecule has 4 nitrogen and oxygen atoms in total. The van der Waals surface area contributed by atoms with E-state index in [0.717, 1.165) is 5.69 Å². The number of benzene rings is 1. The topological polar surface area (TPSA) is 44.4 Å². The number of amides is 1. The molecule has 0 radical (unpaired) electrons. The van der Waals surface area contributed by atoms with Crippen molar-refractivity contribution in [2.24, 2.45) is 0 Å². The number of anilines is 1. The Kier molecular flexibility index (Phi) is 2.09. The molecule has 5 heteroatoms. The van der Waals surface area contributed by atoms with Gasteiger partial charge >= 0.3 is 0 Å². The van der Waals surface area contributed by atoms with Gasteiger partial charge in [0.15, 0.2) is 5.11 Å². The number of para-hydroxylation sites is 1. The van der Waals surface area contributed by atoms with E-state index in [4.69, 9.17) is 12.2 Å². The van der Waals surface area contributed by atoms with Crippen LogP contribution in [-0.4, -0.2) is 23.1 Å². The first-order chi connectivity index (χ1) is 6.68. The third-order valence-electron chi connectivity index (χ3n) is 1.99. The van der Waals surface area contributed by atoms with Crippen molar-refractivity contribution in [1.82, 2.24) is 10.4 Å². The molecule has 0 spiro atoms. The van der Waals surface area contributed by atoms with E-state index in [-0.39, 0.29) is 5.91 Å². The van der Waals surface area contributed by atoms with Gasteiger partial charge in [0.25, 0.3) is 5.91 Å². The van der Waals surface area contributed by atoms with E-state index in [2.05, 4.69) is 10.7 Å². The van der Waals surface area contributed by atoms with Crippen LogP contribution in [-0.2, 0) is 0 Å². The van der Waals surface area contributed by atoms with Crippen LogP contribution in [0.25, 0.3) is 0 Å². The average Bonchev–Trinajstić information content (AvgIpc) is 2.27. The molecule has 0 bridgehead atoms. The van der Waals surface area contributed by atoms with Crippen molar-refractivity contribution in [3.05, 3.63) is 29.8 Å². The molecule has 0 fully saturated rings. The summed E-state index contributed by atoms with van der Waals surface area (Å²) in [5.41, 5.74) is 3.97. The van der Waals surface area contributed by atoms with Gasteiger partial charge in [-0.2, -0.15) is 0 Å². The lowest BCUT2D eigenvalue weighted by Gasteiger charge is -2.16. The van der Waals surface area contributed by atoms with Gasteiger partial charge in [0.05, 0.1) is 11.3 Å². The number of thiocarbonyl (C=S) groups is 1. The van der Waals surface area contributed by atoms with Gasteiger partial charge in [-0.25, -0.2) is 0 Å². The minimum atomic E-state index is -0.157. The first kappa shape index (κ1) is 8.96. The molecule has 1 aliphatic heterocycles. The normalized spacial score (nSPS) is 15.4. The molecule has 1 amide bonds. The van der Waals surface area contributed by atoms with Crippen LogP contribution >= 0.6 is 12.2 Å². The van der Waals surface area contributed by atoms with Gasteiger partial charge in [-0.3, -0.25) is 15.2 Å². The van der Waals surface area contributed by atoms with Crippen LogP contribution in [0.15, 0.2) is 24.3 Å². The molecule has 14 heavy (non-hydrogen) atoms. The summed E-state index contributed by atoms with van der Waals surface area (Å²) in [6, 6.07) is 7.24. The molecule has 0 saturated heterocycles. The fraction of sp³-hybridized carbons (Fsp3) is 0.111. The minimum absolute atomic E-state index is 0.157. The van der Waals surface area contributed by atoms with Gasteiger partial charge in [-0.15, -0.1) is 0 Å². The highest BCUT2D eigenvalue weighted by molar-refractivity contribution is 7.80. The monoisotopic (exact) mass is 207 g/mol. The molecule has 0 saturated carbocycles. The van der Waals surface area contributed by atoms with Crippen molar-refractivity contribution in [3.63, 3.8) is 0 Å². The number of hydrazine groups is 1. The number of hydrogen-bond donors (Lipinski definition) is 2. The maximum atomic E-state index is 11.6. The SMILES string of the molecule is CN1NC(=O)c2ccccc2NC1=S. The lowest BCUT2D eigenvalue weighted by Crippen LogP contribution is -2.42. The van der Waals surface area contributed by atoms with E-state index in [1.807, 2.05) is 18.2 Å². The molecular weight excluding hydrogens is 198 g/mol. The number of nitrogens with one attached hydrogen (secondary N) is 2. The fourth-order valence-electron chi connectivity index (χ4n) is 1.25. The van der Waals surface area contributed by atoms with E-state index < -0.39 is 0 Å². The highest BCUT2D eigenvalue weighted by Crippen LogP contribution is 2.17. The summed E-state index contributed by atoms with van der Waals surface area (Å²) in [7, 11) is 1.69. The van der Waals surface area contributed by atoms with Crippen LogP contribution < -0.4 is 10.7 Å². The maximum Gasteiger partial charge on any atom is 0.271 e. The quantitative estimate of drug-likeness (QED) is 0.622. The van der Waals surface area contributed by atoms with Crippen molar-refractivity contribution in [2.45, 2.75) is 0 Å². The molecule has 0 aromatic heterocycles. The van der Waals surface area contributed by atoms with Gasteiger partial charge in [0.2, 0.25) is 0 Å². The number of carbonyl (C=O) groups is 1. The molecule has 2 N–H and O–H groups in total. The van der Waals surface area contributed by atoms with E-state index in [0.29, 0.717) is 10.7 Å². The first-order valence-corrected chi connectivity index (χ1v) is 4.54. The molecule has 1 heterocycles. The maximum absolute atomic E-state index is 11.6. The Hall–Kier alpha value is -1.62. The zero-order chi connectivity index (χ0) is 10.1. The van der Waals surface area contributed by atoms with Gasteiger partial charge < -0.3 is 5.32 Å². The minimum Gasteiger partial charge on any atom is -0.331 e. The largest absolute Gasteiger partial charge is 0.331 e. The van der Waals surface area contributed by atoms with Crippen molar-refractivity contribution in [1.29, 1.82) is 0 Å². The first-order valence-electron chi connectivity index (χ1n) is 4.13. The van der Waals surface area contributed by atoms with Gasteiger partial charge in [-0.05, 0) is 24.4 Å². The van der Waals surface area contributed by atoms with E-state index >= 15 is 0 Å². The summed E-state index contributed by atoms with van der Waals surface area (Å²) in [6.07, 6.45) is 0. The van der Waals surface area contributed by atoms with Crippen molar-refractivity contribution >= 4 is 28.9 Å². The Morgan fingerprint density at radius 3 is 2.86 bits per heavy atom. The van der Waals surface area contributed by atoms with Gasteiger partial charge in [0.1, 0.15) is 0 Å². The lowest BCUT2D eigenvalue weighted by molar-refractivity contribution is 0.0892. The van der Waals surface area contributed by atoms with E-state index in [9.17, 15) is 4.79 Å². The molecule has 72 valence electrons. The number of nitrogens with zero attached hydrogens (tertiary/aromatic N) is 1. The molecule has 0 unspecified atom stereocenters. The zero-order valence-corrected chi connectivity index (χ0v) is 8.39. The van der Waals surface area contributed by atoms with Crippen molar-refractivity contribution in [2.75, 3.05) is 12.4 Å². The molecular formula is C9H9N3OS. The molecule has 2 rings (SSSR count). The van der Waals surface area contributed by atoms with Crippen molar-refractivity contribution in [3.8, 4) is 0 Å². The second kappa shape index (κ2) is 3.26. The Morgan fingerprint density at radius 1 is 1.36 bits per heavy atom. The summed E-state index contributed by atoms with van der Waals surface area (Å²) in [6.45, 7) is 0. The summed E-state index contributed by atoms with van der Waals surface area (Å²) >= 11 is 5.04. The average molecular weight is 207 g/mol. The number of fused-ring (bicyclic) bond motifs is 1. The van der Waals surface area contributed by atoms with Crippen LogP contribution in [0.2, 0.25) is 0 Å². The third-order valence-corrected chi connectivity index (χ3v) is 2.36. The summed E-state index contributed by atoms with van der Waals surface area (Å²) in [5.74, 6) is -0.157. The van der Waals surface area contributed by atoms with Crippen molar-refractivity contribution < 1.29 is 4.79 Å². The number of rotatable bonds is 0. The highest BCUT2D eigenvalue weighted by Gasteiger charge is 2.19. The summed E-state index contributed by atoms with van der Waals surface area (Å²) in [5, 5.41) is 4.94. The number of carbonyl (C=O) groups excluding carboxylic acids is 1. The summed E-state index contributed by atoms with van der Waals surface area (Å²) in [4.78, 5) is 11.6. The molecule has 1 aromatic carbocycles. The lowest BCUT2D eigenvalue weighted by atomic mass is 10.2. The predicted octanol–water partition coefficient (Wildman–Crippen LogP) is 0.974. The summed E-state index contributed by atoms with van der Waals surface area (Å²) < 4.78 is 0. The van der Waals surface area contributed by atoms with E-state index in [1.165, 1.54) is 5.01 Å². The number of hydrogen-bond acceptors (Lipinski definition) is 2. The fourth-order valence-corrected chi connectivity index (χ4v) is 1.41. The van der Waals surface area contributed by atoms with Gasteiger partial charge in [-0.1, -0.05) is 12.1 Å². The highest BCUT2D eigenvalue weighted by atomic mass is 32.1. The second-order valence-corrected chi connectivity index (χ2v) is 3.36. The Morgan fingerprint density at radius 2 is 2.07 bits per heavy atom. The molecule has 0 atom stereocenters. The standard InChI is InChI=1S/C9H9N3OS/c1-12-9(14)10-7-5-3-2-4-6(7)8(13)11-12/h2-5H,1H3,(H,10,14)(H,11,13). The smallest absolute Gasteiger partial charge is 0.271 e.